The Morgan fingerprint density at radius 1 is 1.00 bits per heavy atom. The number of nitrogen functional groups attached to an aromatic ring is 1. The smallest absolute Gasteiger partial charge is 0.253 e. The molecule has 0 bridgehead atoms. The van der Waals surface area contributed by atoms with Crippen molar-refractivity contribution in [3.8, 4) is 11.9 Å². The number of aromatic nitrogens is 2. The molecule has 0 aliphatic rings. The average molecular weight is 304 g/mol. The summed E-state index contributed by atoms with van der Waals surface area (Å²) in [5, 5.41) is 13.7. The van der Waals surface area contributed by atoms with E-state index in [2.05, 4.69) is 11.2 Å². The Balaban J connectivity index is 1.81. The van der Waals surface area contributed by atoms with Crippen LogP contribution >= 0.6 is 0 Å². The van der Waals surface area contributed by atoms with Gasteiger partial charge >= 0.3 is 0 Å². The van der Waals surface area contributed by atoms with Crippen molar-refractivity contribution in [2.24, 2.45) is 0 Å². The zero-order valence-electron chi connectivity index (χ0n) is 12.5. The minimum absolute atomic E-state index is 0.268. The van der Waals surface area contributed by atoms with Crippen LogP contribution in [0.4, 0.5) is 5.82 Å². The summed E-state index contributed by atoms with van der Waals surface area (Å²) in [6, 6.07) is 21.6. The predicted molar refractivity (Wildman–Crippen MR) is 87.7 cm³/mol. The van der Waals surface area contributed by atoms with Crippen LogP contribution in [-0.2, 0) is 13.2 Å². The molecule has 0 saturated heterocycles. The molecule has 23 heavy (non-hydrogen) atoms. The zero-order chi connectivity index (χ0) is 16.1. The summed E-state index contributed by atoms with van der Waals surface area (Å²) in [7, 11) is 0. The van der Waals surface area contributed by atoms with E-state index in [0.29, 0.717) is 19.0 Å². The predicted octanol–water partition coefficient (Wildman–Crippen LogP) is 2.96. The molecule has 1 aromatic heterocycles. The molecule has 0 spiro atoms. The molecule has 114 valence electrons. The molecule has 5 heteroatoms. The number of nitrogens with zero attached hydrogens (tertiary/aromatic N) is 3. The van der Waals surface area contributed by atoms with E-state index in [1.807, 2.05) is 60.7 Å². The normalized spacial score (nSPS) is 10.2. The van der Waals surface area contributed by atoms with E-state index < -0.39 is 0 Å². The Bertz CT molecular complexity index is 819. The molecule has 3 aromatic rings. The molecular weight excluding hydrogens is 288 g/mol. The SMILES string of the molecule is N#Cc1c(OCc2ccccc2)nn(Cc2ccccc2)c1N. The summed E-state index contributed by atoms with van der Waals surface area (Å²) in [5.74, 6) is 0.587. The van der Waals surface area contributed by atoms with Crippen molar-refractivity contribution in [1.82, 2.24) is 9.78 Å². The van der Waals surface area contributed by atoms with Crippen molar-refractivity contribution >= 4 is 5.82 Å². The lowest BCUT2D eigenvalue weighted by Crippen LogP contribution is -2.06. The first-order valence-corrected chi connectivity index (χ1v) is 7.25. The third-order valence-electron chi connectivity index (χ3n) is 3.46. The Morgan fingerprint density at radius 2 is 1.61 bits per heavy atom. The summed E-state index contributed by atoms with van der Waals surface area (Å²) in [4.78, 5) is 0. The summed E-state index contributed by atoms with van der Waals surface area (Å²) >= 11 is 0. The molecular formula is C18H16N4O. The standard InChI is InChI=1S/C18H16N4O/c19-11-16-17(20)22(12-14-7-3-1-4-8-14)21-18(16)23-13-15-9-5-2-6-10-15/h1-10H,12-13,20H2. The highest BCUT2D eigenvalue weighted by Crippen LogP contribution is 2.24. The van der Waals surface area contributed by atoms with Gasteiger partial charge in [-0.15, -0.1) is 5.10 Å². The van der Waals surface area contributed by atoms with Gasteiger partial charge in [-0.25, -0.2) is 4.68 Å². The van der Waals surface area contributed by atoms with Gasteiger partial charge in [0.15, 0.2) is 5.56 Å². The van der Waals surface area contributed by atoms with E-state index in [4.69, 9.17) is 10.5 Å². The molecule has 0 fully saturated rings. The largest absolute Gasteiger partial charge is 0.471 e. The molecule has 0 radical (unpaired) electrons. The minimum Gasteiger partial charge on any atom is -0.471 e. The second-order valence-corrected chi connectivity index (χ2v) is 5.09. The molecule has 0 amide bonds. The van der Waals surface area contributed by atoms with Gasteiger partial charge in [-0.05, 0) is 11.1 Å². The number of nitriles is 1. The molecule has 2 aromatic carbocycles. The minimum atomic E-state index is 0.268. The molecule has 0 aliphatic heterocycles. The molecule has 0 aliphatic carbocycles. The van der Waals surface area contributed by atoms with Gasteiger partial charge in [0.1, 0.15) is 18.5 Å². The monoisotopic (exact) mass is 304 g/mol. The lowest BCUT2D eigenvalue weighted by Gasteiger charge is -2.04. The van der Waals surface area contributed by atoms with E-state index >= 15 is 0 Å². The second-order valence-electron chi connectivity index (χ2n) is 5.09. The highest BCUT2D eigenvalue weighted by molar-refractivity contribution is 5.55. The van der Waals surface area contributed by atoms with Crippen molar-refractivity contribution < 1.29 is 4.74 Å². The molecule has 0 atom stereocenters. The van der Waals surface area contributed by atoms with Crippen LogP contribution in [0.3, 0.4) is 0 Å². The van der Waals surface area contributed by atoms with Crippen LogP contribution < -0.4 is 10.5 Å². The first kappa shape index (κ1) is 14.7. The number of hydrogen-bond donors (Lipinski definition) is 1. The molecule has 5 nitrogen and oxygen atoms in total. The fourth-order valence-corrected chi connectivity index (χ4v) is 2.26. The lowest BCUT2D eigenvalue weighted by molar-refractivity contribution is 0.289. The van der Waals surface area contributed by atoms with Crippen LogP contribution in [0.5, 0.6) is 5.88 Å². The molecule has 0 unspecified atom stereocenters. The number of ether oxygens (including phenoxy) is 1. The van der Waals surface area contributed by atoms with Crippen LogP contribution in [0.1, 0.15) is 16.7 Å². The first-order valence-electron chi connectivity index (χ1n) is 7.25. The van der Waals surface area contributed by atoms with E-state index in [1.54, 1.807) is 4.68 Å². The Hall–Kier alpha value is -3.26. The van der Waals surface area contributed by atoms with Gasteiger partial charge in [-0.2, -0.15) is 5.26 Å². The van der Waals surface area contributed by atoms with Gasteiger partial charge in [0.05, 0.1) is 6.54 Å². The van der Waals surface area contributed by atoms with E-state index in [9.17, 15) is 5.26 Å². The number of hydrogen-bond acceptors (Lipinski definition) is 4. The van der Waals surface area contributed by atoms with Crippen molar-refractivity contribution in [3.05, 3.63) is 77.4 Å². The van der Waals surface area contributed by atoms with E-state index in [1.165, 1.54) is 0 Å². The summed E-state index contributed by atoms with van der Waals surface area (Å²) in [5.41, 5.74) is 8.37. The number of nitrogens with two attached hydrogens (primary N) is 1. The summed E-state index contributed by atoms with van der Waals surface area (Å²) in [6.07, 6.45) is 0. The average Bonchev–Trinajstić information content (AvgIpc) is 2.90. The number of anilines is 1. The zero-order valence-corrected chi connectivity index (χ0v) is 12.5. The third-order valence-corrected chi connectivity index (χ3v) is 3.46. The maximum absolute atomic E-state index is 9.31. The third kappa shape index (κ3) is 3.33. The van der Waals surface area contributed by atoms with Gasteiger partial charge in [0.25, 0.3) is 5.88 Å². The van der Waals surface area contributed by atoms with Gasteiger partial charge in [-0.3, -0.25) is 0 Å². The van der Waals surface area contributed by atoms with Gasteiger partial charge in [0, 0.05) is 0 Å². The van der Waals surface area contributed by atoms with Gasteiger partial charge < -0.3 is 10.5 Å². The van der Waals surface area contributed by atoms with Crippen molar-refractivity contribution in [2.45, 2.75) is 13.2 Å². The van der Waals surface area contributed by atoms with Crippen molar-refractivity contribution in [1.29, 1.82) is 5.26 Å². The first-order chi connectivity index (χ1) is 11.3. The fourth-order valence-electron chi connectivity index (χ4n) is 2.26. The summed E-state index contributed by atoms with van der Waals surface area (Å²) in [6.45, 7) is 0.841. The highest BCUT2D eigenvalue weighted by atomic mass is 16.5. The Labute approximate surface area is 134 Å². The maximum Gasteiger partial charge on any atom is 0.253 e. The number of rotatable bonds is 5. The molecule has 0 saturated carbocycles. The number of benzene rings is 2. The van der Waals surface area contributed by atoms with Gasteiger partial charge in [-0.1, -0.05) is 60.7 Å². The van der Waals surface area contributed by atoms with E-state index in [-0.39, 0.29) is 11.4 Å². The van der Waals surface area contributed by atoms with Crippen LogP contribution in [0.15, 0.2) is 60.7 Å². The quantitative estimate of drug-likeness (QED) is 0.786. The van der Waals surface area contributed by atoms with Gasteiger partial charge in [0.2, 0.25) is 0 Å². The van der Waals surface area contributed by atoms with E-state index in [0.717, 1.165) is 11.1 Å². The molecule has 3 rings (SSSR count). The van der Waals surface area contributed by atoms with Crippen molar-refractivity contribution in [2.75, 3.05) is 5.73 Å². The van der Waals surface area contributed by atoms with Crippen LogP contribution in [0.25, 0.3) is 0 Å². The Kier molecular flexibility index (Phi) is 4.25. The van der Waals surface area contributed by atoms with Crippen LogP contribution in [0, 0.1) is 11.3 Å². The van der Waals surface area contributed by atoms with Crippen LogP contribution in [0.2, 0.25) is 0 Å². The summed E-state index contributed by atoms with van der Waals surface area (Å²) < 4.78 is 7.27. The fraction of sp³-hybridized carbons (Fsp3) is 0.111. The molecule has 2 N–H and O–H groups in total. The highest BCUT2D eigenvalue weighted by Gasteiger charge is 2.17. The van der Waals surface area contributed by atoms with Crippen molar-refractivity contribution in [3.63, 3.8) is 0 Å². The Morgan fingerprint density at radius 3 is 2.22 bits per heavy atom. The second kappa shape index (κ2) is 6.67. The molecule has 1 heterocycles. The topological polar surface area (TPSA) is 76.9 Å². The lowest BCUT2D eigenvalue weighted by atomic mass is 10.2. The van der Waals surface area contributed by atoms with Crippen LogP contribution in [-0.4, -0.2) is 9.78 Å². The maximum atomic E-state index is 9.31.